The molecule has 0 fully saturated rings. The fourth-order valence-corrected chi connectivity index (χ4v) is 3.98. The van der Waals surface area contributed by atoms with E-state index in [1.807, 2.05) is 0 Å². The molecule has 0 aliphatic heterocycles. The van der Waals surface area contributed by atoms with Gasteiger partial charge in [-0.05, 0) is 61.4 Å². The maximum Gasteiger partial charge on any atom is 0.573 e. The Morgan fingerprint density at radius 2 is 1.85 bits per heavy atom. The van der Waals surface area contributed by atoms with Crippen LogP contribution < -0.4 is 10.3 Å². The van der Waals surface area contributed by atoms with Crippen molar-refractivity contribution in [3.8, 4) is 28.1 Å². The van der Waals surface area contributed by atoms with E-state index in [0.717, 1.165) is 18.3 Å². The van der Waals surface area contributed by atoms with Gasteiger partial charge in [-0.3, -0.25) is 14.6 Å². The van der Waals surface area contributed by atoms with Crippen LogP contribution in [0, 0.1) is 12.7 Å². The molecule has 0 unspecified atom stereocenters. The van der Waals surface area contributed by atoms with Crippen molar-refractivity contribution in [2.45, 2.75) is 20.2 Å². The van der Waals surface area contributed by atoms with Gasteiger partial charge in [-0.25, -0.2) is 4.39 Å². The zero-order chi connectivity index (χ0) is 24.8. The highest BCUT2D eigenvalue weighted by Gasteiger charge is 2.33. The first-order valence-electron chi connectivity index (χ1n) is 9.84. The standard InChI is InChI=1S/C24H15ClF4N2O3/c1-11-7-15(26)10-30-22(11)17-8-13(3-6-19(17)34-24(27,28)29)21-16-9-14(25)4-5-18(16)31-23(33)20(21)12(2)32/h3-10H,1-2H3,(H,31,33). The van der Waals surface area contributed by atoms with Gasteiger partial charge < -0.3 is 9.72 Å². The van der Waals surface area contributed by atoms with Crippen LogP contribution in [0.2, 0.25) is 5.02 Å². The molecule has 4 rings (SSSR count). The van der Waals surface area contributed by atoms with Gasteiger partial charge in [-0.15, -0.1) is 13.2 Å². The van der Waals surface area contributed by atoms with Gasteiger partial charge in [-0.1, -0.05) is 17.7 Å². The first-order chi connectivity index (χ1) is 15.9. The number of benzene rings is 2. The third-order valence-electron chi connectivity index (χ3n) is 5.12. The topological polar surface area (TPSA) is 72.0 Å². The molecule has 5 nitrogen and oxygen atoms in total. The van der Waals surface area contributed by atoms with Crippen molar-refractivity contribution in [3.63, 3.8) is 0 Å². The average molecular weight is 491 g/mol. The third kappa shape index (κ3) is 4.51. The summed E-state index contributed by atoms with van der Waals surface area (Å²) < 4.78 is 57.1. The fraction of sp³-hybridized carbons (Fsp3) is 0.125. The highest BCUT2D eigenvalue weighted by molar-refractivity contribution is 6.31. The monoisotopic (exact) mass is 490 g/mol. The number of fused-ring (bicyclic) bond motifs is 1. The van der Waals surface area contributed by atoms with Crippen LogP contribution in [0.3, 0.4) is 0 Å². The number of ether oxygens (including phenoxy) is 1. The lowest BCUT2D eigenvalue weighted by Gasteiger charge is -2.17. The summed E-state index contributed by atoms with van der Waals surface area (Å²) in [5, 5.41) is 0.736. The number of carbonyl (C=O) groups is 1. The Balaban J connectivity index is 2.09. The van der Waals surface area contributed by atoms with Gasteiger partial charge in [0, 0.05) is 27.1 Å². The molecule has 2 aromatic heterocycles. The number of nitrogens with zero attached hydrogens (tertiary/aromatic N) is 1. The SMILES string of the molecule is CC(=O)c1c(-c2ccc(OC(F)(F)F)c(-c3ncc(F)cc3C)c2)c2cc(Cl)ccc2[nH]c1=O. The first-order valence-corrected chi connectivity index (χ1v) is 10.2. The molecule has 0 saturated heterocycles. The van der Waals surface area contributed by atoms with Gasteiger partial charge in [0.1, 0.15) is 11.6 Å². The Kier molecular flexibility index (Phi) is 5.91. The molecular weight excluding hydrogens is 476 g/mol. The summed E-state index contributed by atoms with van der Waals surface area (Å²) in [6.07, 6.45) is -4.13. The second kappa shape index (κ2) is 8.57. The summed E-state index contributed by atoms with van der Waals surface area (Å²) >= 11 is 6.14. The Morgan fingerprint density at radius 1 is 1.12 bits per heavy atom. The van der Waals surface area contributed by atoms with Crippen molar-refractivity contribution in [2.24, 2.45) is 0 Å². The zero-order valence-corrected chi connectivity index (χ0v) is 18.4. The summed E-state index contributed by atoms with van der Waals surface area (Å²) in [7, 11) is 0. The number of pyridine rings is 2. The minimum absolute atomic E-state index is 0.0408. The molecule has 2 aromatic carbocycles. The minimum Gasteiger partial charge on any atom is -0.405 e. The van der Waals surface area contributed by atoms with Gasteiger partial charge in [0.05, 0.1) is 17.5 Å². The third-order valence-corrected chi connectivity index (χ3v) is 5.36. The summed E-state index contributed by atoms with van der Waals surface area (Å²) in [5.41, 5.74) is 0.167. The predicted molar refractivity (Wildman–Crippen MR) is 120 cm³/mol. The highest BCUT2D eigenvalue weighted by atomic mass is 35.5. The van der Waals surface area contributed by atoms with Gasteiger partial charge in [0.15, 0.2) is 5.78 Å². The molecule has 0 radical (unpaired) electrons. The van der Waals surface area contributed by atoms with E-state index < -0.39 is 29.3 Å². The van der Waals surface area contributed by atoms with E-state index in [0.29, 0.717) is 15.9 Å². The number of carbonyl (C=O) groups excluding carboxylic acids is 1. The Hall–Kier alpha value is -3.72. The smallest absolute Gasteiger partial charge is 0.405 e. The number of aromatic amines is 1. The number of halogens is 5. The van der Waals surface area contributed by atoms with Crippen molar-refractivity contribution < 1.29 is 27.1 Å². The summed E-state index contributed by atoms with van der Waals surface area (Å²) in [6, 6.07) is 9.44. The van der Waals surface area contributed by atoms with Crippen molar-refractivity contribution >= 4 is 28.3 Å². The van der Waals surface area contributed by atoms with Gasteiger partial charge in [0.25, 0.3) is 5.56 Å². The van der Waals surface area contributed by atoms with Crippen LogP contribution in [0.5, 0.6) is 5.75 Å². The lowest BCUT2D eigenvalue weighted by molar-refractivity contribution is -0.274. The van der Waals surface area contributed by atoms with E-state index in [9.17, 15) is 27.2 Å². The van der Waals surface area contributed by atoms with Gasteiger partial charge in [-0.2, -0.15) is 0 Å². The number of hydrogen-bond acceptors (Lipinski definition) is 4. The minimum atomic E-state index is -5.00. The normalized spacial score (nSPS) is 11.6. The van der Waals surface area contributed by atoms with E-state index in [2.05, 4.69) is 14.7 Å². The Morgan fingerprint density at radius 3 is 2.50 bits per heavy atom. The molecule has 34 heavy (non-hydrogen) atoms. The van der Waals surface area contributed by atoms with Crippen LogP contribution in [0.1, 0.15) is 22.8 Å². The number of nitrogens with one attached hydrogen (secondary N) is 1. The molecule has 0 aliphatic carbocycles. The van der Waals surface area contributed by atoms with Crippen LogP contribution >= 0.6 is 11.6 Å². The molecule has 0 spiro atoms. The molecule has 174 valence electrons. The number of ketones is 1. The van der Waals surface area contributed by atoms with Crippen LogP contribution in [0.15, 0.2) is 53.5 Å². The van der Waals surface area contributed by atoms with Crippen molar-refractivity contribution in [1.29, 1.82) is 0 Å². The summed E-state index contributed by atoms with van der Waals surface area (Å²) in [6.45, 7) is 2.69. The number of H-pyrrole nitrogens is 1. The van der Waals surface area contributed by atoms with Crippen molar-refractivity contribution in [3.05, 3.63) is 81.0 Å². The Labute approximate surface area is 195 Å². The quantitative estimate of drug-likeness (QED) is 0.263. The van der Waals surface area contributed by atoms with E-state index >= 15 is 0 Å². The number of alkyl halides is 3. The first kappa shape index (κ1) is 23.4. The lowest BCUT2D eigenvalue weighted by atomic mass is 9.92. The molecule has 0 atom stereocenters. The second-order valence-electron chi connectivity index (χ2n) is 7.53. The van der Waals surface area contributed by atoms with E-state index in [4.69, 9.17) is 11.6 Å². The molecule has 2 heterocycles. The number of aryl methyl sites for hydroxylation is 1. The molecule has 10 heteroatoms. The number of aromatic nitrogens is 2. The predicted octanol–water partition coefficient (Wildman–Crippen LogP) is 6.46. The largest absolute Gasteiger partial charge is 0.573 e. The van der Waals surface area contributed by atoms with E-state index in [1.54, 1.807) is 12.1 Å². The van der Waals surface area contributed by atoms with Crippen LogP contribution in [-0.2, 0) is 0 Å². The molecule has 1 N–H and O–H groups in total. The number of hydrogen-bond donors (Lipinski definition) is 1. The highest BCUT2D eigenvalue weighted by Crippen LogP contribution is 2.40. The molecule has 0 aliphatic rings. The maximum absolute atomic E-state index is 13.6. The summed E-state index contributed by atoms with van der Waals surface area (Å²) in [4.78, 5) is 31.7. The summed E-state index contributed by atoms with van der Waals surface area (Å²) in [5.74, 6) is -1.79. The molecule has 0 saturated carbocycles. The van der Waals surface area contributed by atoms with Gasteiger partial charge in [0.2, 0.25) is 0 Å². The Bertz CT molecular complexity index is 1510. The second-order valence-corrected chi connectivity index (χ2v) is 7.96. The lowest BCUT2D eigenvalue weighted by Crippen LogP contribution is -2.19. The van der Waals surface area contributed by atoms with Crippen LogP contribution in [0.4, 0.5) is 17.6 Å². The van der Waals surface area contributed by atoms with Crippen molar-refractivity contribution in [1.82, 2.24) is 9.97 Å². The maximum atomic E-state index is 13.6. The van der Waals surface area contributed by atoms with Crippen LogP contribution in [0.25, 0.3) is 33.3 Å². The molecule has 0 bridgehead atoms. The molecule has 4 aromatic rings. The zero-order valence-electron chi connectivity index (χ0n) is 17.7. The number of Topliss-reactive ketones (excluding diaryl/α,β-unsaturated/α-hetero) is 1. The average Bonchev–Trinajstić information content (AvgIpc) is 2.72. The van der Waals surface area contributed by atoms with E-state index in [-0.39, 0.29) is 33.5 Å². The van der Waals surface area contributed by atoms with Crippen molar-refractivity contribution in [2.75, 3.05) is 0 Å². The van der Waals surface area contributed by atoms with E-state index in [1.165, 1.54) is 32.0 Å². The fourth-order valence-electron chi connectivity index (χ4n) is 3.81. The van der Waals surface area contributed by atoms with Gasteiger partial charge >= 0.3 is 6.36 Å². The molecular formula is C24H15ClF4N2O3. The number of rotatable bonds is 4. The van der Waals surface area contributed by atoms with Crippen LogP contribution in [-0.4, -0.2) is 22.1 Å². The molecule has 0 amide bonds.